The van der Waals surface area contributed by atoms with Crippen molar-refractivity contribution in [3.63, 3.8) is 0 Å². The van der Waals surface area contributed by atoms with Crippen LogP contribution >= 0.6 is 11.3 Å². The topological polar surface area (TPSA) is 69.3 Å². The number of pyridine rings is 1. The molecule has 0 aliphatic rings. The predicted octanol–water partition coefficient (Wildman–Crippen LogP) is 4.33. The minimum absolute atomic E-state index is 0.0664. The smallest absolute Gasteiger partial charge is 0.196 e. The molecule has 4 aromatic rings. The molecule has 0 fully saturated rings. The van der Waals surface area contributed by atoms with Gasteiger partial charge in [-0.25, -0.2) is 9.97 Å². The Hall–Kier alpha value is -3.04. The minimum Gasteiger partial charge on any atom is -0.446 e. The highest BCUT2D eigenvalue weighted by molar-refractivity contribution is 7.17. The molecule has 4 heterocycles. The SMILES string of the molecule is CC(C)(C)c1cn2c(N)c(-c3ccc(C#Cc4ccccn4)o3)nc2s1. The normalized spacial score (nSPS) is 11.5. The molecule has 0 aliphatic carbocycles. The van der Waals surface area contributed by atoms with Gasteiger partial charge in [0, 0.05) is 17.3 Å². The van der Waals surface area contributed by atoms with Gasteiger partial charge in [0.25, 0.3) is 0 Å². The summed E-state index contributed by atoms with van der Waals surface area (Å²) in [6.45, 7) is 6.53. The van der Waals surface area contributed by atoms with Gasteiger partial charge in [0.1, 0.15) is 17.2 Å². The van der Waals surface area contributed by atoms with Gasteiger partial charge in [0.15, 0.2) is 16.5 Å². The average Bonchev–Trinajstić information content (AvgIpc) is 3.30. The van der Waals surface area contributed by atoms with Crippen LogP contribution in [0, 0.1) is 11.8 Å². The molecule has 0 aliphatic heterocycles. The van der Waals surface area contributed by atoms with E-state index in [4.69, 9.17) is 10.2 Å². The van der Waals surface area contributed by atoms with Crippen LogP contribution in [0.3, 0.4) is 0 Å². The van der Waals surface area contributed by atoms with E-state index in [0.717, 1.165) is 4.96 Å². The number of hydrogen-bond acceptors (Lipinski definition) is 5. The number of imidazole rings is 1. The summed E-state index contributed by atoms with van der Waals surface area (Å²) in [7, 11) is 0. The third-order valence-corrected chi connectivity index (χ3v) is 5.33. The van der Waals surface area contributed by atoms with Crippen LogP contribution in [0.25, 0.3) is 16.4 Å². The third-order valence-electron chi connectivity index (χ3n) is 3.92. The van der Waals surface area contributed by atoms with Gasteiger partial charge in [-0.1, -0.05) is 26.8 Å². The maximum atomic E-state index is 6.30. The second-order valence-electron chi connectivity index (χ2n) is 6.97. The highest BCUT2D eigenvalue weighted by Gasteiger charge is 2.21. The van der Waals surface area contributed by atoms with Crippen molar-refractivity contribution in [3.05, 3.63) is 59.1 Å². The maximum Gasteiger partial charge on any atom is 0.196 e. The zero-order valence-corrected chi connectivity index (χ0v) is 15.6. The number of aromatic nitrogens is 3. The first-order chi connectivity index (χ1) is 12.4. The van der Waals surface area contributed by atoms with Gasteiger partial charge >= 0.3 is 0 Å². The minimum atomic E-state index is 0.0664. The first-order valence-electron chi connectivity index (χ1n) is 8.23. The van der Waals surface area contributed by atoms with Crippen LogP contribution in [-0.4, -0.2) is 14.4 Å². The van der Waals surface area contributed by atoms with Crippen molar-refractivity contribution < 1.29 is 4.42 Å². The zero-order chi connectivity index (χ0) is 18.3. The second kappa shape index (κ2) is 6.04. The third kappa shape index (κ3) is 2.98. The van der Waals surface area contributed by atoms with Crippen LogP contribution in [0.2, 0.25) is 0 Å². The van der Waals surface area contributed by atoms with Crippen molar-refractivity contribution in [1.29, 1.82) is 0 Å². The second-order valence-corrected chi connectivity index (χ2v) is 7.98. The van der Waals surface area contributed by atoms with Crippen LogP contribution in [0.4, 0.5) is 5.82 Å². The number of nitrogens with zero attached hydrogens (tertiary/aromatic N) is 3. The van der Waals surface area contributed by atoms with Gasteiger partial charge in [-0.05, 0) is 41.5 Å². The van der Waals surface area contributed by atoms with E-state index >= 15 is 0 Å². The summed E-state index contributed by atoms with van der Waals surface area (Å²) in [6.07, 6.45) is 3.76. The molecule has 0 saturated heterocycles. The van der Waals surface area contributed by atoms with Crippen molar-refractivity contribution in [1.82, 2.24) is 14.4 Å². The number of thiazole rings is 1. The predicted molar refractivity (Wildman–Crippen MR) is 104 cm³/mol. The van der Waals surface area contributed by atoms with Crippen LogP contribution in [0.15, 0.2) is 47.1 Å². The molecule has 0 aromatic carbocycles. The van der Waals surface area contributed by atoms with Crippen molar-refractivity contribution in [3.8, 4) is 23.3 Å². The molecule has 6 heteroatoms. The fourth-order valence-electron chi connectivity index (χ4n) is 2.49. The molecule has 0 bridgehead atoms. The zero-order valence-electron chi connectivity index (χ0n) is 14.8. The van der Waals surface area contributed by atoms with Gasteiger partial charge in [-0.3, -0.25) is 4.40 Å². The molecule has 0 unspecified atom stereocenters. The van der Waals surface area contributed by atoms with E-state index in [1.165, 1.54) is 4.88 Å². The Morgan fingerprint density at radius 2 is 2.00 bits per heavy atom. The van der Waals surface area contributed by atoms with E-state index < -0.39 is 0 Å². The molecular formula is C20H18N4OS. The fourth-order valence-corrected chi connectivity index (χ4v) is 3.53. The molecule has 26 heavy (non-hydrogen) atoms. The summed E-state index contributed by atoms with van der Waals surface area (Å²) in [4.78, 5) is 10.9. The van der Waals surface area contributed by atoms with Crippen LogP contribution in [0.5, 0.6) is 0 Å². The lowest BCUT2D eigenvalue weighted by atomic mass is 9.96. The number of nitrogens with two attached hydrogens (primary N) is 1. The molecular weight excluding hydrogens is 344 g/mol. The monoisotopic (exact) mass is 362 g/mol. The van der Waals surface area contributed by atoms with Crippen molar-refractivity contribution in [2.24, 2.45) is 0 Å². The lowest BCUT2D eigenvalue weighted by Gasteiger charge is -2.14. The largest absolute Gasteiger partial charge is 0.446 e. The number of hydrogen-bond donors (Lipinski definition) is 1. The summed E-state index contributed by atoms with van der Waals surface area (Å²) in [5, 5.41) is 0. The number of nitrogen functional groups attached to an aromatic ring is 1. The Kier molecular flexibility index (Phi) is 3.82. The molecule has 0 radical (unpaired) electrons. The van der Waals surface area contributed by atoms with Crippen LogP contribution < -0.4 is 5.73 Å². The van der Waals surface area contributed by atoms with Crippen molar-refractivity contribution in [2.45, 2.75) is 26.2 Å². The molecule has 4 aromatic heterocycles. The van der Waals surface area contributed by atoms with E-state index in [1.54, 1.807) is 17.5 Å². The highest BCUT2D eigenvalue weighted by atomic mass is 32.1. The van der Waals surface area contributed by atoms with Gasteiger partial charge in [0.2, 0.25) is 0 Å². The Bertz CT molecular complexity index is 1130. The van der Waals surface area contributed by atoms with Crippen LogP contribution in [-0.2, 0) is 5.41 Å². The van der Waals surface area contributed by atoms with Crippen molar-refractivity contribution in [2.75, 3.05) is 5.73 Å². The fraction of sp³-hybridized carbons (Fsp3) is 0.200. The molecule has 0 saturated carbocycles. The average molecular weight is 362 g/mol. The van der Waals surface area contributed by atoms with Gasteiger partial charge < -0.3 is 10.2 Å². The number of anilines is 1. The Labute approximate surface area is 155 Å². The summed E-state index contributed by atoms with van der Waals surface area (Å²) in [5.74, 6) is 7.69. The highest BCUT2D eigenvalue weighted by Crippen LogP contribution is 2.35. The molecule has 0 atom stereocenters. The van der Waals surface area contributed by atoms with E-state index in [0.29, 0.717) is 28.7 Å². The number of furan rings is 1. The molecule has 0 spiro atoms. The van der Waals surface area contributed by atoms with Gasteiger partial charge in [-0.15, -0.1) is 11.3 Å². The van der Waals surface area contributed by atoms with Gasteiger partial charge in [0.05, 0.1) is 0 Å². The van der Waals surface area contributed by atoms with Crippen molar-refractivity contribution >= 4 is 22.1 Å². The standard InChI is InChI=1S/C20H18N4OS/c1-20(2,3)16-12-24-18(21)17(23-19(24)26-16)15-10-9-14(25-15)8-7-13-6-4-5-11-22-13/h4-6,9-12H,21H2,1-3H3. The van der Waals surface area contributed by atoms with E-state index in [-0.39, 0.29) is 5.41 Å². The Morgan fingerprint density at radius 1 is 1.15 bits per heavy atom. The van der Waals surface area contributed by atoms with E-state index in [2.05, 4.69) is 48.8 Å². The summed E-state index contributed by atoms with van der Waals surface area (Å²) < 4.78 is 7.74. The summed E-state index contributed by atoms with van der Waals surface area (Å²) >= 11 is 1.64. The lowest BCUT2D eigenvalue weighted by molar-refractivity contribution is 0.567. The summed E-state index contributed by atoms with van der Waals surface area (Å²) in [5.41, 5.74) is 7.71. The number of fused-ring (bicyclic) bond motifs is 1. The molecule has 4 rings (SSSR count). The quantitative estimate of drug-likeness (QED) is 0.512. The number of rotatable bonds is 1. The first kappa shape index (κ1) is 16.4. The lowest BCUT2D eigenvalue weighted by Crippen LogP contribution is -2.08. The van der Waals surface area contributed by atoms with Crippen LogP contribution in [0.1, 0.15) is 37.1 Å². The molecule has 130 valence electrons. The Morgan fingerprint density at radius 3 is 2.69 bits per heavy atom. The molecule has 2 N–H and O–H groups in total. The molecule has 0 amide bonds. The first-order valence-corrected chi connectivity index (χ1v) is 9.04. The van der Waals surface area contributed by atoms with E-state index in [9.17, 15) is 0 Å². The van der Waals surface area contributed by atoms with E-state index in [1.807, 2.05) is 34.7 Å². The van der Waals surface area contributed by atoms with Gasteiger partial charge in [-0.2, -0.15) is 0 Å². The molecule has 5 nitrogen and oxygen atoms in total. The maximum absolute atomic E-state index is 6.30. The summed E-state index contributed by atoms with van der Waals surface area (Å²) in [6, 6.07) is 9.27. The Balaban J connectivity index is 1.67.